The number of halogens is 1. The summed E-state index contributed by atoms with van der Waals surface area (Å²) in [6, 6.07) is 21.1. The highest BCUT2D eigenvalue weighted by Gasteiger charge is 2.33. The SMILES string of the molecule is CCCNC(=O)[C@H](Cc1ccccc1)N(Cc1ccccc1Cl)C(=O)CN(c1cc(C)ccc1C)S(C)(=O)=O. The van der Waals surface area contributed by atoms with Crippen LogP contribution in [0.5, 0.6) is 0 Å². The van der Waals surface area contributed by atoms with Gasteiger partial charge in [0.05, 0.1) is 11.9 Å². The van der Waals surface area contributed by atoms with Crippen LogP contribution in [0, 0.1) is 13.8 Å². The van der Waals surface area contributed by atoms with Crippen molar-refractivity contribution >= 4 is 39.1 Å². The van der Waals surface area contributed by atoms with E-state index in [-0.39, 0.29) is 18.9 Å². The minimum Gasteiger partial charge on any atom is -0.354 e. The number of carbonyl (C=O) groups excluding carboxylic acids is 2. The summed E-state index contributed by atoms with van der Waals surface area (Å²) >= 11 is 6.47. The topological polar surface area (TPSA) is 86.8 Å². The number of aryl methyl sites for hydroxylation is 2. The highest BCUT2D eigenvalue weighted by molar-refractivity contribution is 7.92. The van der Waals surface area contributed by atoms with E-state index in [0.717, 1.165) is 33.7 Å². The van der Waals surface area contributed by atoms with E-state index in [1.807, 2.05) is 62.4 Å². The van der Waals surface area contributed by atoms with Crippen LogP contribution in [0.2, 0.25) is 5.02 Å². The molecule has 3 aromatic rings. The van der Waals surface area contributed by atoms with Gasteiger partial charge in [-0.05, 0) is 54.7 Å². The van der Waals surface area contributed by atoms with Crippen LogP contribution < -0.4 is 9.62 Å². The molecule has 0 radical (unpaired) electrons. The van der Waals surface area contributed by atoms with Crippen molar-refractivity contribution in [1.29, 1.82) is 0 Å². The lowest BCUT2D eigenvalue weighted by Crippen LogP contribution is -2.53. The van der Waals surface area contributed by atoms with Crippen LogP contribution in [0.3, 0.4) is 0 Å². The molecule has 0 unspecified atom stereocenters. The van der Waals surface area contributed by atoms with Crippen LogP contribution in [0.15, 0.2) is 72.8 Å². The van der Waals surface area contributed by atoms with E-state index in [9.17, 15) is 18.0 Å². The van der Waals surface area contributed by atoms with Crippen molar-refractivity contribution in [2.45, 2.75) is 46.2 Å². The van der Waals surface area contributed by atoms with E-state index in [2.05, 4.69) is 5.32 Å². The quantitative estimate of drug-likeness (QED) is 0.336. The third kappa shape index (κ3) is 8.31. The molecule has 0 aliphatic rings. The fourth-order valence-corrected chi connectivity index (χ4v) is 5.41. The van der Waals surface area contributed by atoms with Crippen LogP contribution in [-0.2, 0) is 32.6 Å². The monoisotopic (exact) mass is 569 g/mol. The number of nitrogens with one attached hydrogen (secondary N) is 1. The second-order valence-electron chi connectivity index (χ2n) is 9.67. The smallest absolute Gasteiger partial charge is 0.244 e. The van der Waals surface area contributed by atoms with Gasteiger partial charge in [0.25, 0.3) is 0 Å². The van der Waals surface area contributed by atoms with Gasteiger partial charge in [-0.25, -0.2) is 8.42 Å². The molecule has 208 valence electrons. The van der Waals surface area contributed by atoms with Crippen LogP contribution in [-0.4, -0.2) is 50.5 Å². The molecular formula is C30H36ClN3O4S. The van der Waals surface area contributed by atoms with Crippen molar-refractivity contribution in [2.75, 3.05) is 23.7 Å². The van der Waals surface area contributed by atoms with Gasteiger partial charge in [0, 0.05) is 24.5 Å². The molecule has 9 heteroatoms. The minimum absolute atomic E-state index is 0.0416. The Morgan fingerprint density at radius 2 is 1.64 bits per heavy atom. The molecule has 0 aliphatic carbocycles. The first-order valence-electron chi connectivity index (χ1n) is 12.9. The number of hydrogen-bond acceptors (Lipinski definition) is 4. The van der Waals surface area contributed by atoms with Crippen LogP contribution >= 0.6 is 11.6 Å². The lowest BCUT2D eigenvalue weighted by molar-refractivity contribution is -0.140. The Balaban J connectivity index is 2.08. The van der Waals surface area contributed by atoms with E-state index < -0.39 is 28.5 Å². The van der Waals surface area contributed by atoms with E-state index in [1.165, 1.54) is 4.90 Å². The average Bonchev–Trinajstić information content (AvgIpc) is 2.90. The van der Waals surface area contributed by atoms with Gasteiger partial charge in [-0.3, -0.25) is 13.9 Å². The Hall–Kier alpha value is -3.36. The molecule has 1 atom stereocenters. The summed E-state index contributed by atoms with van der Waals surface area (Å²) in [5, 5.41) is 3.38. The number of hydrogen-bond donors (Lipinski definition) is 1. The van der Waals surface area contributed by atoms with E-state index in [4.69, 9.17) is 11.6 Å². The summed E-state index contributed by atoms with van der Waals surface area (Å²) in [6.45, 7) is 5.65. The zero-order chi connectivity index (χ0) is 28.6. The Morgan fingerprint density at radius 1 is 0.974 bits per heavy atom. The number of nitrogens with zero attached hydrogens (tertiary/aromatic N) is 2. The van der Waals surface area contributed by atoms with E-state index in [1.54, 1.807) is 31.2 Å². The van der Waals surface area contributed by atoms with E-state index >= 15 is 0 Å². The van der Waals surface area contributed by atoms with Crippen molar-refractivity contribution in [1.82, 2.24) is 10.2 Å². The van der Waals surface area contributed by atoms with Gasteiger partial charge in [-0.1, -0.05) is 79.2 Å². The number of carbonyl (C=O) groups is 2. The summed E-state index contributed by atoms with van der Waals surface area (Å²) in [5.41, 5.74) is 3.55. The second-order valence-corrected chi connectivity index (χ2v) is 12.0. The number of amides is 2. The summed E-state index contributed by atoms with van der Waals surface area (Å²) < 4.78 is 27.0. The Labute approximate surface area is 236 Å². The maximum atomic E-state index is 14.1. The van der Waals surface area contributed by atoms with Crippen molar-refractivity contribution in [3.05, 3.63) is 100 Å². The van der Waals surface area contributed by atoms with Gasteiger partial charge in [0.2, 0.25) is 21.8 Å². The number of anilines is 1. The highest BCUT2D eigenvalue weighted by atomic mass is 35.5. The van der Waals surface area contributed by atoms with Crippen LogP contribution in [0.1, 0.15) is 35.6 Å². The maximum absolute atomic E-state index is 14.1. The molecule has 0 heterocycles. The summed E-state index contributed by atoms with van der Waals surface area (Å²) in [7, 11) is -3.83. The molecule has 3 rings (SSSR count). The molecule has 39 heavy (non-hydrogen) atoms. The van der Waals surface area contributed by atoms with Gasteiger partial charge in [0.1, 0.15) is 12.6 Å². The van der Waals surface area contributed by atoms with Gasteiger partial charge in [-0.2, -0.15) is 0 Å². The molecule has 0 saturated heterocycles. The number of rotatable bonds is 12. The Bertz CT molecular complexity index is 1400. The fraction of sp³-hybridized carbons (Fsp3) is 0.333. The third-order valence-corrected chi connectivity index (χ3v) is 7.93. The summed E-state index contributed by atoms with van der Waals surface area (Å²) in [4.78, 5) is 29.0. The zero-order valence-corrected chi connectivity index (χ0v) is 24.4. The molecule has 0 saturated carbocycles. The maximum Gasteiger partial charge on any atom is 0.244 e. The molecule has 7 nitrogen and oxygen atoms in total. The average molecular weight is 570 g/mol. The van der Waals surface area contributed by atoms with Crippen molar-refractivity contribution in [3.8, 4) is 0 Å². The van der Waals surface area contributed by atoms with Crippen molar-refractivity contribution < 1.29 is 18.0 Å². The van der Waals surface area contributed by atoms with Gasteiger partial charge >= 0.3 is 0 Å². The largest absolute Gasteiger partial charge is 0.354 e. The Morgan fingerprint density at radius 3 is 2.28 bits per heavy atom. The molecule has 2 amide bonds. The Kier molecular flexibility index (Phi) is 10.5. The second kappa shape index (κ2) is 13.6. The third-order valence-electron chi connectivity index (χ3n) is 6.43. The molecule has 0 fully saturated rings. The standard InChI is InChI=1S/C30H36ClN3O4S/c1-5-17-32-30(36)28(19-24-11-7-6-8-12-24)33(20-25-13-9-10-14-26(25)31)29(35)21-34(39(4,37)38)27-18-22(2)15-16-23(27)3/h6-16,18,28H,5,17,19-21H2,1-4H3,(H,32,36)/t28-/m0/s1. The number of sulfonamides is 1. The van der Waals surface area contributed by atoms with Gasteiger partial charge < -0.3 is 10.2 Å². The first kappa shape index (κ1) is 30.2. The van der Waals surface area contributed by atoms with Gasteiger partial charge in [0.15, 0.2) is 0 Å². The zero-order valence-electron chi connectivity index (χ0n) is 22.9. The molecule has 0 aliphatic heterocycles. The number of benzene rings is 3. The predicted molar refractivity (Wildman–Crippen MR) is 157 cm³/mol. The molecule has 0 bridgehead atoms. The molecular weight excluding hydrogens is 534 g/mol. The molecule has 1 N–H and O–H groups in total. The summed E-state index contributed by atoms with van der Waals surface area (Å²) in [6.07, 6.45) is 2.07. The lowest BCUT2D eigenvalue weighted by atomic mass is 10.0. The molecule has 3 aromatic carbocycles. The lowest BCUT2D eigenvalue weighted by Gasteiger charge is -2.34. The molecule has 0 aromatic heterocycles. The van der Waals surface area contributed by atoms with Crippen LogP contribution in [0.4, 0.5) is 5.69 Å². The predicted octanol–water partition coefficient (Wildman–Crippen LogP) is 4.89. The first-order chi connectivity index (χ1) is 18.5. The fourth-order valence-electron chi connectivity index (χ4n) is 4.31. The minimum atomic E-state index is -3.83. The van der Waals surface area contributed by atoms with Crippen molar-refractivity contribution in [2.24, 2.45) is 0 Å². The van der Waals surface area contributed by atoms with Crippen LogP contribution in [0.25, 0.3) is 0 Å². The van der Waals surface area contributed by atoms with Gasteiger partial charge in [-0.15, -0.1) is 0 Å². The molecule has 0 spiro atoms. The van der Waals surface area contributed by atoms with E-state index in [0.29, 0.717) is 22.8 Å². The first-order valence-corrected chi connectivity index (χ1v) is 15.1. The summed E-state index contributed by atoms with van der Waals surface area (Å²) in [5.74, 6) is -0.812. The highest BCUT2D eigenvalue weighted by Crippen LogP contribution is 2.26. The normalized spacial score (nSPS) is 12.0. The van der Waals surface area contributed by atoms with Crippen molar-refractivity contribution in [3.63, 3.8) is 0 Å².